The van der Waals surface area contributed by atoms with Gasteiger partial charge in [0.2, 0.25) is 0 Å². The Labute approximate surface area is 177 Å². The molecular formula is C24H17ClN4O. The Hall–Kier alpha value is -3.70. The summed E-state index contributed by atoms with van der Waals surface area (Å²) in [6, 6.07) is 24.8. The van der Waals surface area contributed by atoms with E-state index in [1.54, 1.807) is 27.6 Å². The largest absolute Gasteiger partial charge is 0.269 e. The van der Waals surface area contributed by atoms with E-state index in [0.29, 0.717) is 21.9 Å². The van der Waals surface area contributed by atoms with Crippen LogP contribution in [-0.4, -0.2) is 19.3 Å². The first kappa shape index (κ1) is 18.3. The van der Waals surface area contributed by atoms with Crippen LogP contribution in [0.3, 0.4) is 0 Å². The van der Waals surface area contributed by atoms with Crippen molar-refractivity contribution in [3.63, 3.8) is 0 Å². The molecule has 0 saturated carbocycles. The molecule has 0 bridgehead atoms. The molecule has 2 aromatic heterocycles. The van der Waals surface area contributed by atoms with E-state index in [-0.39, 0.29) is 5.56 Å². The van der Waals surface area contributed by atoms with Crippen molar-refractivity contribution >= 4 is 22.6 Å². The van der Waals surface area contributed by atoms with Gasteiger partial charge in [0, 0.05) is 10.6 Å². The molecule has 30 heavy (non-hydrogen) atoms. The molecule has 0 aliphatic heterocycles. The highest BCUT2D eigenvalue weighted by atomic mass is 35.5. The van der Waals surface area contributed by atoms with Gasteiger partial charge in [-0.25, -0.2) is 9.67 Å². The zero-order valence-electron chi connectivity index (χ0n) is 16.2. The van der Waals surface area contributed by atoms with Crippen molar-refractivity contribution in [1.29, 1.82) is 0 Å². The molecule has 3 aromatic carbocycles. The van der Waals surface area contributed by atoms with Crippen molar-refractivity contribution in [2.75, 3.05) is 0 Å². The highest BCUT2D eigenvalue weighted by Gasteiger charge is 2.18. The molecule has 5 rings (SSSR count). The number of aryl methyl sites for hydroxylation is 1. The summed E-state index contributed by atoms with van der Waals surface area (Å²) < 4.78 is 3.32. The number of fused-ring (bicyclic) bond motifs is 1. The minimum atomic E-state index is -0.170. The first-order chi connectivity index (χ1) is 14.6. The SMILES string of the molecule is Cc1ccc(-n2c(-c3ccc(Cl)cc3)nc3c(cnn3-c3ccccc3)c2=O)cc1. The number of nitrogens with zero attached hydrogens (tertiary/aromatic N) is 4. The average molecular weight is 413 g/mol. The number of hydrogen-bond acceptors (Lipinski definition) is 3. The lowest BCUT2D eigenvalue weighted by atomic mass is 10.1. The fraction of sp³-hybridized carbons (Fsp3) is 0.0417. The maximum absolute atomic E-state index is 13.6. The van der Waals surface area contributed by atoms with Crippen molar-refractivity contribution in [1.82, 2.24) is 19.3 Å². The highest BCUT2D eigenvalue weighted by Crippen LogP contribution is 2.25. The highest BCUT2D eigenvalue weighted by molar-refractivity contribution is 6.30. The molecule has 0 saturated heterocycles. The summed E-state index contributed by atoms with van der Waals surface area (Å²) >= 11 is 6.08. The van der Waals surface area contributed by atoms with E-state index in [1.165, 1.54) is 0 Å². The molecule has 0 unspecified atom stereocenters. The molecule has 0 fully saturated rings. The van der Waals surface area contributed by atoms with Crippen LogP contribution in [0.2, 0.25) is 5.02 Å². The second kappa shape index (κ2) is 7.28. The molecule has 0 spiro atoms. The second-order valence-corrected chi connectivity index (χ2v) is 7.48. The number of aromatic nitrogens is 4. The van der Waals surface area contributed by atoms with Crippen LogP contribution >= 0.6 is 11.6 Å². The zero-order chi connectivity index (χ0) is 20.7. The normalized spacial score (nSPS) is 11.1. The molecule has 0 aliphatic carbocycles. The van der Waals surface area contributed by atoms with Gasteiger partial charge in [0.05, 0.1) is 17.6 Å². The number of hydrogen-bond donors (Lipinski definition) is 0. The third-order valence-electron chi connectivity index (χ3n) is 5.00. The van der Waals surface area contributed by atoms with Gasteiger partial charge in [-0.2, -0.15) is 5.10 Å². The Kier molecular flexibility index (Phi) is 4.45. The van der Waals surface area contributed by atoms with Gasteiger partial charge >= 0.3 is 0 Å². The lowest BCUT2D eigenvalue weighted by Gasteiger charge is -2.14. The predicted octanol–water partition coefficient (Wildman–Crippen LogP) is 5.20. The summed E-state index contributed by atoms with van der Waals surface area (Å²) in [5.74, 6) is 0.533. The Balaban J connectivity index is 1.85. The Bertz CT molecular complexity index is 1400. The molecule has 0 N–H and O–H groups in total. The minimum absolute atomic E-state index is 0.170. The smallest absolute Gasteiger partial charge is 0.268 e. The van der Waals surface area contributed by atoms with E-state index in [2.05, 4.69) is 5.10 Å². The minimum Gasteiger partial charge on any atom is -0.268 e. The summed E-state index contributed by atoms with van der Waals surface area (Å²) in [6.45, 7) is 2.01. The van der Waals surface area contributed by atoms with Gasteiger partial charge in [-0.05, 0) is 55.5 Å². The number of halogens is 1. The van der Waals surface area contributed by atoms with E-state index in [1.807, 2.05) is 73.7 Å². The van der Waals surface area contributed by atoms with Gasteiger partial charge in [-0.3, -0.25) is 9.36 Å². The van der Waals surface area contributed by atoms with Gasteiger partial charge in [-0.15, -0.1) is 0 Å². The number of rotatable bonds is 3. The second-order valence-electron chi connectivity index (χ2n) is 7.05. The van der Waals surface area contributed by atoms with Crippen LogP contribution in [0.25, 0.3) is 33.8 Å². The third kappa shape index (κ3) is 3.09. The topological polar surface area (TPSA) is 52.7 Å². The molecule has 0 radical (unpaired) electrons. The summed E-state index contributed by atoms with van der Waals surface area (Å²) in [5.41, 5.74) is 3.84. The molecule has 0 atom stereocenters. The van der Waals surface area contributed by atoms with Gasteiger partial charge in [0.1, 0.15) is 11.2 Å². The monoisotopic (exact) mass is 412 g/mol. The van der Waals surface area contributed by atoms with Crippen LogP contribution in [0.4, 0.5) is 0 Å². The zero-order valence-corrected chi connectivity index (χ0v) is 16.9. The maximum atomic E-state index is 13.6. The van der Waals surface area contributed by atoms with Gasteiger partial charge in [0.15, 0.2) is 5.65 Å². The fourth-order valence-corrected chi connectivity index (χ4v) is 3.58. The van der Waals surface area contributed by atoms with Crippen molar-refractivity contribution in [3.05, 3.63) is 106 Å². The van der Waals surface area contributed by atoms with E-state index >= 15 is 0 Å². The standard InChI is InChI=1S/C24H17ClN4O/c1-16-7-13-19(14-8-16)28-22(17-9-11-18(25)12-10-17)27-23-21(24(28)30)15-26-29(23)20-5-3-2-4-6-20/h2-15H,1H3. The van der Waals surface area contributed by atoms with Crippen molar-refractivity contribution < 1.29 is 0 Å². The Morgan fingerprint density at radius 2 is 1.53 bits per heavy atom. The molecule has 2 heterocycles. The molecular weight excluding hydrogens is 396 g/mol. The predicted molar refractivity (Wildman–Crippen MR) is 120 cm³/mol. The van der Waals surface area contributed by atoms with Crippen LogP contribution in [0.5, 0.6) is 0 Å². The molecule has 146 valence electrons. The van der Waals surface area contributed by atoms with Crippen LogP contribution in [0, 0.1) is 6.92 Å². The van der Waals surface area contributed by atoms with Crippen molar-refractivity contribution in [3.8, 4) is 22.8 Å². The first-order valence-electron chi connectivity index (χ1n) is 9.51. The fourth-order valence-electron chi connectivity index (χ4n) is 3.45. The van der Waals surface area contributed by atoms with E-state index in [0.717, 1.165) is 22.5 Å². The maximum Gasteiger partial charge on any atom is 0.269 e. The molecule has 0 amide bonds. The van der Waals surface area contributed by atoms with E-state index in [9.17, 15) is 4.79 Å². The summed E-state index contributed by atoms with van der Waals surface area (Å²) in [6.07, 6.45) is 1.58. The lowest BCUT2D eigenvalue weighted by Crippen LogP contribution is -2.22. The Morgan fingerprint density at radius 1 is 0.833 bits per heavy atom. The molecule has 5 aromatic rings. The van der Waals surface area contributed by atoms with Crippen molar-refractivity contribution in [2.45, 2.75) is 6.92 Å². The van der Waals surface area contributed by atoms with Crippen LogP contribution in [0.1, 0.15) is 5.56 Å². The van der Waals surface area contributed by atoms with E-state index in [4.69, 9.17) is 16.6 Å². The van der Waals surface area contributed by atoms with Crippen LogP contribution < -0.4 is 5.56 Å². The van der Waals surface area contributed by atoms with E-state index < -0.39 is 0 Å². The average Bonchev–Trinajstić information content (AvgIpc) is 3.20. The van der Waals surface area contributed by atoms with Crippen molar-refractivity contribution in [2.24, 2.45) is 0 Å². The number of benzene rings is 3. The first-order valence-corrected chi connectivity index (χ1v) is 9.89. The van der Waals surface area contributed by atoms with Gasteiger partial charge in [0.25, 0.3) is 5.56 Å². The summed E-state index contributed by atoms with van der Waals surface area (Å²) in [4.78, 5) is 18.5. The van der Waals surface area contributed by atoms with Gasteiger partial charge < -0.3 is 0 Å². The third-order valence-corrected chi connectivity index (χ3v) is 5.25. The summed E-state index contributed by atoms with van der Waals surface area (Å²) in [7, 11) is 0. The molecule has 5 nitrogen and oxygen atoms in total. The lowest BCUT2D eigenvalue weighted by molar-refractivity contribution is 0.888. The van der Waals surface area contributed by atoms with Crippen LogP contribution in [0.15, 0.2) is 89.9 Å². The molecule has 6 heteroatoms. The van der Waals surface area contributed by atoms with Crippen LogP contribution in [-0.2, 0) is 0 Å². The number of para-hydroxylation sites is 1. The summed E-state index contributed by atoms with van der Waals surface area (Å²) in [5, 5.41) is 5.52. The van der Waals surface area contributed by atoms with Gasteiger partial charge in [-0.1, -0.05) is 47.5 Å². The quantitative estimate of drug-likeness (QED) is 0.409. The molecule has 0 aliphatic rings. The Morgan fingerprint density at radius 3 is 2.23 bits per heavy atom.